The summed E-state index contributed by atoms with van der Waals surface area (Å²) in [7, 11) is 3.03. The number of nitrogens with zero attached hydrogens (tertiary/aromatic N) is 1. The maximum atomic E-state index is 12.0. The van der Waals surface area contributed by atoms with E-state index in [0.29, 0.717) is 6.41 Å². The highest BCUT2D eigenvalue weighted by molar-refractivity contribution is 5.80. The third-order valence-corrected chi connectivity index (χ3v) is 3.46. The Morgan fingerprint density at radius 1 is 1.45 bits per heavy atom. The zero-order chi connectivity index (χ0) is 15.7. The number of likely N-dealkylation sites (N-methyl/N-ethyl adjacent to an activating group) is 1. The number of carbonyl (C=O) groups is 3. The van der Waals surface area contributed by atoms with Crippen molar-refractivity contribution in [3.8, 4) is 0 Å². The van der Waals surface area contributed by atoms with E-state index in [4.69, 9.17) is 9.84 Å². The molecule has 0 heterocycles. The van der Waals surface area contributed by atoms with Crippen molar-refractivity contribution in [1.29, 1.82) is 0 Å². The first-order valence-corrected chi connectivity index (χ1v) is 6.56. The minimum atomic E-state index is -0.975. The highest BCUT2D eigenvalue weighted by Gasteiger charge is 2.33. The van der Waals surface area contributed by atoms with Gasteiger partial charge < -0.3 is 20.1 Å². The second-order valence-electron chi connectivity index (χ2n) is 4.75. The van der Waals surface area contributed by atoms with Crippen LogP contribution in [0.2, 0.25) is 0 Å². The lowest BCUT2D eigenvalue weighted by Crippen LogP contribution is -2.51. The summed E-state index contributed by atoms with van der Waals surface area (Å²) in [6.07, 6.45) is 0.468. The Kier molecular flexibility index (Phi) is 8.54. The number of ether oxygens (including phenoxy) is 1. The molecule has 0 aliphatic rings. The molecule has 116 valence electrons. The molecule has 0 aromatic rings. The topological polar surface area (TPSA) is 95.9 Å². The van der Waals surface area contributed by atoms with Crippen molar-refractivity contribution >= 4 is 18.3 Å². The van der Waals surface area contributed by atoms with Crippen LogP contribution in [0.5, 0.6) is 0 Å². The summed E-state index contributed by atoms with van der Waals surface area (Å²) in [6.45, 7) is 3.79. The SMILES string of the molecule is CCC(C)C(C(CC(=O)O)OC)N(C)C(=O)CNC=O. The van der Waals surface area contributed by atoms with Crippen LogP contribution in [0.1, 0.15) is 26.7 Å². The summed E-state index contributed by atoms with van der Waals surface area (Å²) < 4.78 is 5.26. The number of methoxy groups -OCH3 is 1. The van der Waals surface area contributed by atoms with Gasteiger partial charge in [-0.3, -0.25) is 14.4 Å². The standard InChI is InChI=1S/C13H24N2O5/c1-5-9(2)13(10(20-4)6-12(18)19)15(3)11(17)7-14-8-16/h8-10,13H,5-7H2,1-4H3,(H,14,16)(H,18,19). The Labute approximate surface area is 119 Å². The van der Waals surface area contributed by atoms with Gasteiger partial charge in [-0.05, 0) is 5.92 Å². The van der Waals surface area contributed by atoms with Gasteiger partial charge in [0, 0.05) is 14.2 Å². The van der Waals surface area contributed by atoms with Crippen LogP contribution in [0.4, 0.5) is 0 Å². The smallest absolute Gasteiger partial charge is 0.306 e. The lowest BCUT2D eigenvalue weighted by atomic mass is 9.91. The zero-order valence-electron chi connectivity index (χ0n) is 12.5. The Balaban J connectivity index is 5.05. The van der Waals surface area contributed by atoms with Crippen molar-refractivity contribution in [2.75, 3.05) is 20.7 Å². The number of aliphatic carboxylic acids is 1. The Bertz CT molecular complexity index is 335. The number of nitrogens with one attached hydrogen (secondary N) is 1. The molecule has 0 aliphatic carbocycles. The average Bonchev–Trinajstić information content (AvgIpc) is 2.42. The number of hydrogen-bond donors (Lipinski definition) is 2. The summed E-state index contributed by atoms with van der Waals surface area (Å²) in [5.41, 5.74) is 0. The Morgan fingerprint density at radius 3 is 2.45 bits per heavy atom. The van der Waals surface area contributed by atoms with E-state index in [2.05, 4.69) is 5.32 Å². The molecule has 0 saturated carbocycles. The van der Waals surface area contributed by atoms with Crippen molar-refractivity contribution < 1.29 is 24.2 Å². The van der Waals surface area contributed by atoms with Crippen molar-refractivity contribution in [2.24, 2.45) is 5.92 Å². The molecule has 3 unspecified atom stereocenters. The number of carboxylic acids is 1. The third-order valence-electron chi connectivity index (χ3n) is 3.46. The highest BCUT2D eigenvalue weighted by Crippen LogP contribution is 2.21. The van der Waals surface area contributed by atoms with E-state index in [1.165, 1.54) is 12.0 Å². The van der Waals surface area contributed by atoms with Gasteiger partial charge in [-0.15, -0.1) is 0 Å². The first-order chi connectivity index (χ1) is 9.38. The largest absolute Gasteiger partial charge is 0.481 e. The van der Waals surface area contributed by atoms with Crippen LogP contribution >= 0.6 is 0 Å². The van der Waals surface area contributed by atoms with Gasteiger partial charge >= 0.3 is 5.97 Å². The van der Waals surface area contributed by atoms with Crippen LogP contribution in [-0.2, 0) is 19.1 Å². The molecule has 7 heteroatoms. The van der Waals surface area contributed by atoms with E-state index in [0.717, 1.165) is 6.42 Å². The van der Waals surface area contributed by atoms with E-state index in [1.807, 2.05) is 13.8 Å². The molecule has 0 radical (unpaired) electrons. The molecule has 3 atom stereocenters. The lowest BCUT2D eigenvalue weighted by molar-refractivity contribution is -0.145. The van der Waals surface area contributed by atoms with Gasteiger partial charge in [0.1, 0.15) is 0 Å². The molecule has 2 amide bonds. The quantitative estimate of drug-likeness (QED) is 0.556. The molecule has 0 aromatic carbocycles. The van der Waals surface area contributed by atoms with Gasteiger partial charge in [0.15, 0.2) is 0 Å². The predicted molar refractivity (Wildman–Crippen MR) is 73.1 cm³/mol. The average molecular weight is 288 g/mol. The number of amides is 2. The van der Waals surface area contributed by atoms with Crippen LogP contribution in [-0.4, -0.2) is 61.1 Å². The van der Waals surface area contributed by atoms with Crippen LogP contribution in [0.15, 0.2) is 0 Å². The molecule has 0 rings (SSSR count). The molecule has 0 aromatic heterocycles. The molecular formula is C13H24N2O5. The van der Waals surface area contributed by atoms with Gasteiger partial charge in [0.05, 0.1) is 25.1 Å². The van der Waals surface area contributed by atoms with E-state index in [1.54, 1.807) is 7.05 Å². The fourth-order valence-electron chi connectivity index (χ4n) is 2.17. The number of rotatable bonds is 10. The summed E-state index contributed by atoms with van der Waals surface area (Å²) >= 11 is 0. The Hall–Kier alpha value is -1.63. The van der Waals surface area contributed by atoms with Crippen molar-refractivity contribution in [3.05, 3.63) is 0 Å². The number of carbonyl (C=O) groups excluding carboxylic acids is 2. The lowest BCUT2D eigenvalue weighted by Gasteiger charge is -2.37. The van der Waals surface area contributed by atoms with Crippen molar-refractivity contribution in [1.82, 2.24) is 10.2 Å². The third kappa shape index (κ3) is 5.56. The van der Waals surface area contributed by atoms with Crippen LogP contribution in [0.3, 0.4) is 0 Å². The molecule has 0 fully saturated rings. The predicted octanol–water partition coefficient (Wildman–Crippen LogP) is 0.0952. The second kappa shape index (κ2) is 9.30. The van der Waals surface area contributed by atoms with Crippen LogP contribution in [0.25, 0.3) is 0 Å². The zero-order valence-corrected chi connectivity index (χ0v) is 12.5. The number of carboxylic acid groups (broad SMARTS) is 1. The van der Waals surface area contributed by atoms with Crippen LogP contribution in [0, 0.1) is 5.92 Å². The summed E-state index contributed by atoms with van der Waals surface area (Å²) in [5, 5.41) is 11.2. The molecular weight excluding hydrogens is 264 g/mol. The second-order valence-corrected chi connectivity index (χ2v) is 4.75. The molecule has 0 spiro atoms. The Morgan fingerprint density at radius 2 is 2.05 bits per heavy atom. The van der Waals surface area contributed by atoms with E-state index in [-0.39, 0.29) is 30.8 Å². The molecule has 0 bridgehead atoms. The van der Waals surface area contributed by atoms with Crippen molar-refractivity contribution in [2.45, 2.75) is 38.8 Å². The molecule has 0 aliphatic heterocycles. The summed E-state index contributed by atoms with van der Waals surface area (Å²) in [4.78, 5) is 34.6. The molecule has 7 nitrogen and oxygen atoms in total. The minimum Gasteiger partial charge on any atom is -0.481 e. The molecule has 20 heavy (non-hydrogen) atoms. The molecule has 0 saturated heterocycles. The molecule has 2 N–H and O–H groups in total. The fraction of sp³-hybridized carbons (Fsp3) is 0.769. The van der Waals surface area contributed by atoms with Gasteiger partial charge in [-0.25, -0.2) is 0 Å². The van der Waals surface area contributed by atoms with Gasteiger partial charge in [-0.2, -0.15) is 0 Å². The highest BCUT2D eigenvalue weighted by atomic mass is 16.5. The minimum absolute atomic E-state index is 0.0736. The monoisotopic (exact) mass is 288 g/mol. The first kappa shape index (κ1) is 18.4. The van der Waals surface area contributed by atoms with Gasteiger partial charge in [0.2, 0.25) is 12.3 Å². The number of hydrogen-bond acceptors (Lipinski definition) is 4. The van der Waals surface area contributed by atoms with Crippen LogP contribution < -0.4 is 5.32 Å². The van der Waals surface area contributed by atoms with Gasteiger partial charge in [0.25, 0.3) is 0 Å². The summed E-state index contributed by atoms with van der Waals surface area (Å²) in [5.74, 6) is -1.18. The normalized spacial score (nSPS) is 15.0. The maximum Gasteiger partial charge on any atom is 0.306 e. The van der Waals surface area contributed by atoms with E-state index >= 15 is 0 Å². The summed E-state index contributed by atoms with van der Waals surface area (Å²) in [6, 6.07) is -0.359. The van der Waals surface area contributed by atoms with Gasteiger partial charge in [-0.1, -0.05) is 20.3 Å². The van der Waals surface area contributed by atoms with Crippen molar-refractivity contribution in [3.63, 3.8) is 0 Å². The maximum absolute atomic E-state index is 12.0. The van der Waals surface area contributed by atoms with E-state index < -0.39 is 12.1 Å². The fourth-order valence-corrected chi connectivity index (χ4v) is 2.17. The first-order valence-electron chi connectivity index (χ1n) is 6.56. The van der Waals surface area contributed by atoms with E-state index in [9.17, 15) is 14.4 Å².